The maximum Gasteiger partial charge on any atom is 0.235 e. The van der Waals surface area contributed by atoms with E-state index in [1.807, 2.05) is 11.8 Å². The van der Waals surface area contributed by atoms with Gasteiger partial charge in [-0.1, -0.05) is 15.9 Å². The lowest BCUT2D eigenvalue weighted by Crippen LogP contribution is -2.14. The van der Waals surface area contributed by atoms with Crippen LogP contribution in [0.1, 0.15) is 0 Å². The van der Waals surface area contributed by atoms with Gasteiger partial charge >= 0.3 is 0 Å². The first-order valence-electron chi connectivity index (χ1n) is 2.63. The molecule has 0 radical (unpaired) electrons. The van der Waals surface area contributed by atoms with Gasteiger partial charge in [-0.15, -0.1) is 0 Å². The van der Waals surface area contributed by atoms with Crippen molar-refractivity contribution >= 4 is 33.8 Å². The van der Waals surface area contributed by atoms with Crippen LogP contribution in [0.2, 0.25) is 0 Å². The molecule has 1 aliphatic heterocycles. The van der Waals surface area contributed by atoms with Crippen molar-refractivity contribution in [1.29, 1.82) is 0 Å². The molecule has 0 amide bonds. The summed E-state index contributed by atoms with van der Waals surface area (Å²) >= 11 is 5.22. The molecule has 0 aromatic rings. The van der Waals surface area contributed by atoms with Crippen molar-refractivity contribution in [3.05, 3.63) is 0 Å². The minimum absolute atomic E-state index is 0.160. The van der Waals surface area contributed by atoms with Gasteiger partial charge < -0.3 is 0 Å². The molecule has 0 saturated carbocycles. The molecule has 1 heterocycles. The number of rotatable bonds is 1. The molecule has 1 aliphatic rings. The predicted molar refractivity (Wildman–Crippen MR) is 41.9 cm³/mol. The fraction of sp³-hybridized carbons (Fsp3) is 0.800. The van der Waals surface area contributed by atoms with E-state index < -0.39 is 0 Å². The van der Waals surface area contributed by atoms with Gasteiger partial charge in [0.2, 0.25) is 6.08 Å². The summed E-state index contributed by atoms with van der Waals surface area (Å²) in [6.45, 7) is 0. The Hall–Kier alpha value is 0.210. The SMILES string of the molecule is O=C=N[C@@H]1CSC[C@@H]1Br. The van der Waals surface area contributed by atoms with Crippen molar-refractivity contribution in [2.24, 2.45) is 4.99 Å². The lowest BCUT2D eigenvalue weighted by molar-refractivity contribution is 0.559. The first kappa shape index (κ1) is 7.32. The van der Waals surface area contributed by atoms with Gasteiger partial charge in [0.05, 0.1) is 6.04 Å². The second kappa shape index (κ2) is 3.40. The van der Waals surface area contributed by atoms with E-state index in [4.69, 9.17) is 0 Å². The van der Waals surface area contributed by atoms with Gasteiger partial charge in [0.1, 0.15) is 0 Å². The van der Waals surface area contributed by atoms with Crippen LogP contribution in [0.3, 0.4) is 0 Å². The van der Waals surface area contributed by atoms with Crippen molar-refractivity contribution < 1.29 is 4.79 Å². The lowest BCUT2D eigenvalue weighted by atomic mass is 10.3. The summed E-state index contributed by atoms with van der Waals surface area (Å²) in [5, 5.41) is 0. The first-order chi connectivity index (χ1) is 4.34. The number of alkyl halides is 1. The van der Waals surface area contributed by atoms with Gasteiger partial charge in [0, 0.05) is 16.3 Å². The van der Waals surface area contributed by atoms with Crippen molar-refractivity contribution in [3.8, 4) is 0 Å². The fourth-order valence-corrected chi connectivity index (χ4v) is 2.95. The molecule has 1 fully saturated rings. The van der Waals surface area contributed by atoms with Crippen LogP contribution >= 0.6 is 27.7 Å². The summed E-state index contributed by atoms with van der Waals surface area (Å²) in [5.41, 5.74) is 0. The molecule has 2 atom stereocenters. The summed E-state index contributed by atoms with van der Waals surface area (Å²) in [5.74, 6) is 2.00. The molecule has 1 saturated heterocycles. The third kappa shape index (κ3) is 1.81. The Morgan fingerprint density at radius 2 is 2.44 bits per heavy atom. The van der Waals surface area contributed by atoms with Gasteiger partial charge in [0.25, 0.3) is 0 Å². The van der Waals surface area contributed by atoms with Gasteiger partial charge in [-0.05, 0) is 0 Å². The standard InChI is InChI=1S/C5H6BrNOS/c6-4-1-9-2-5(4)7-3-8/h4-5H,1-2H2/t4-,5+/m0/s1. The Morgan fingerprint density at radius 1 is 1.67 bits per heavy atom. The molecule has 0 spiro atoms. The Bertz CT molecular complexity index is 146. The third-order valence-corrected chi connectivity index (χ3v) is 3.74. The molecule has 1 rings (SSSR count). The van der Waals surface area contributed by atoms with E-state index in [2.05, 4.69) is 20.9 Å². The average Bonchev–Trinajstić information content (AvgIpc) is 2.18. The molecular formula is C5H6BrNOS. The van der Waals surface area contributed by atoms with Crippen LogP contribution in [0.25, 0.3) is 0 Å². The van der Waals surface area contributed by atoms with Crippen molar-refractivity contribution in [3.63, 3.8) is 0 Å². The van der Waals surface area contributed by atoms with E-state index in [9.17, 15) is 4.79 Å². The number of halogens is 1. The number of thioether (sulfide) groups is 1. The highest BCUT2D eigenvalue weighted by molar-refractivity contribution is 9.09. The van der Waals surface area contributed by atoms with E-state index in [0.29, 0.717) is 4.83 Å². The fourth-order valence-electron chi connectivity index (χ4n) is 0.703. The van der Waals surface area contributed by atoms with E-state index in [0.717, 1.165) is 11.5 Å². The predicted octanol–water partition coefficient (Wildman–Crippen LogP) is 1.20. The Labute approximate surface area is 66.2 Å². The van der Waals surface area contributed by atoms with Crippen molar-refractivity contribution in [2.75, 3.05) is 11.5 Å². The van der Waals surface area contributed by atoms with E-state index in [-0.39, 0.29) is 6.04 Å². The molecule has 2 nitrogen and oxygen atoms in total. The summed E-state index contributed by atoms with van der Waals surface area (Å²) in [6, 6.07) is 0.160. The Kier molecular flexibility index (Phi) is 2.76. The van der Waals surface area contributed by atoms with Crippen LogP contribution in [-0.2, 0) is 4.79 Å². The van der Waals surface area contributed by atoms with Crippen LogP contribution in [0, 0.1) is 0 Å². The van der Waals surface area contributed by atoms with Gasteiger partial charge in [-0.3, -0.25) is 0 Å². The molecule has 50 valence electrons. The largest absolute Gasteiger partial charge is 0.235 e. The van der Waals surface area contributed by atoms with E-state index >= 15 is 0 Å². The number of hydrogen-bond acceptors (Lipinski definition) is 3. The molecule has 0 aromatic carbocycles. The Balaban J connectivity index is 2.49. The molecule has 4 heteroatoms. The van der Waals surface area contributed by atoms with E-state index in [1.54, 1.807) is 6.08 Å². The maximum atomic E-state index is 9.78. The van der Waals surface area contributed by atoms with E-state index in [1.165, 1.54) is 0 Å². The minimum atomic E-state index is 0.160. The minimum Gasteiger partial charge on any atom is -0.211 e. The smallest absolute Gasteiger partial charge is 0.211 e. The summed E-state index contributed by atoms with van der Waals surface area (Å²) in [6.07, 6.45) is 1.57. The quantitative estimate of drug-likeness (QED) is 0.368. The number of isocyanates is 1. The summed E-state index contributed by atoms with van der Waals surface area (Å²) in [7, 11) is 0. The second-order valence-electron chi connectivity index (χ2n) is 1.84. The molecule has 9 heavy (non-hydrogen) atoms. The molecular weight excluding hydrogens is 202 g/mol. The van der Waals surface area contributed by atoms with Gasteiger partial charge in [-0.2, -0.15) is 11.8 Å². The number of carbonyl (C=O) groups excluding carboxylic acids is 1. The highest BCUT2D eigenvalue weighted by Crippen LogP contribution is 2.26. The van der Waals surface area contributed by atoms with Gasteiger partial charge in [-0.25, -0.2) is 9.79 Å². The topological polar surface area (TPSA) is 29.4 Å². The van der Waals surface area contributed by atoms with Crippen LogP contribution < -0.4 is 0 Å². The number of hydrogen-bond donors (Lipinski definition) is 0. The number of aliphatic imine (C=N–C) groups is 1. The van der Waals surface area contributed by atoms with Crippen molar-refractivity contribution in [1.82, 2.24) is 0 Å². The highest BCUT2D eigenvalue weighted by Gasteiger charge is 2.24. The van der Waals surface area contributed by atoms with Crippen LogP contribution in [-0.4, -0.2) is 28.5 Å². The summed E-state index contributed by atoms with van der Waals surface area (Å²) in [4.78, 5) is 13.8. The molecule has 0 N–H and O–H groups in total. The normalized spacial score (nSPS) is 33.9. The highest BCUT2D eigenvalue weighted by atomic mass is 79.9. The zero-order chi connectivity index (χ0) is 6.69. The average molecular weight is 208 g/mol. The van der Waals surface area contributed by atoms with Crippen LogP contribution in [0.5, 0.6) is 0 Å². The first-order valence-corrected chi connectivity index (χ1v) is 4.70. The lowest BCUT2D eigenvalue weighted by Gasteiger charge is -2.01. The third-order valence-electron chi connectivity index (χ3n) is 1.20. The molecule has 0 bridgehead atoms. The maximum absolute atomic E-state index is 9.78. The summed E-state index contributed by atoms with van der Waals surface area (Å²) < 4.78 is 0. The van der Waals surface area contributed by atoms with Gasteiger partial charge in [0.15, 0.2) is 0 Å². The molecule has 0 unspecified atom stereocenters. The Morgan fingerprint density at radius 3 is 2.89 bits per heavy atom. The number of nitrogens with zero attached hydrogens (tertiary/aromatic N) is 1. The molecule has 0 aromatic heterocycles. The molecule has 0 aliphatic carbocycles. The zero-order valence-corrected chi connectivity index (χ0v) is 7.11. The van der Waals surface area contributed by atoms with Crippen molar-refractivity contribution in [2.45, 2.75) is 10.9 Å². The second-order valence-corrected chi connectivity index (χ2v) is 4.09. The van der Waals surface area contributed by atoms with Crippen LogP contribution in [0.15, 0.2) is 4.99 Å². The van der Waals surface area contributed by atoms with Crippen LogP contribution in [0.4, 0.5) is 0 Å². The monoisotopic (exact) mass is 207 g/mol. The zero-order valence-electron chi connectivity index (χ0n) is 4.71.